The summed E-state index contributed by atoms with van der Waals surface area (Å²) in [5.41, 5.74) is 1.12. The van der Waals surface area contributed by atoms with E-state index in [2.05, 4.69) is 0 Å². The first-order valence-electron chi connectivity index (χ1n) is 8.46. The van der Waals surface area contributed by atoms with E-state index in [1.807, 2.05) is 19.1 Å². The van der Waals surface area contributed by atoms with E-state index >= 15 is 0 Å². The number of sulfonamides is 1. The first-order chi connectivity index (χ1) is 11.3. The van der Waals surface area contributed by atoms with Gasteiger partial charge in [0, 0.05) is 6.42 Å². The minimum absolute atomic E-state index is 0.128. The highest BCUT2D eigenvalue weighted by Gasteiger charge is 2.38. The van der Waals surface area contributed by atoms with Crippen molar-refractivity contribution in [1.82, 2.24) is 4.31 Å². The molecule has 3 rings (SSSR count). The summed E-state index contributed by atoms with van der Waals surface area (Å²) in [6.07, 6.45) is 1.58. The Kier molecular flexibility index (Phi) is 5.01. The number of piperazine rings is 1. The van der Waals surface area contributed by atoms with Crippen molar-refractivity contribution >= 4 is 19.9 Å². The lowest BCUT2D eigenvalue weighted by molar-refractivity contribution is -0.925. The highest BCUT2D eigenvalue weighted by molar-refractivity contribution is 7.91. The van der Waals surface area contributed by atoms with Crippen LogP contribution in [0.1, 0.15) is 18.9 Å². The second-order valence-corrected chi connectivity index (χ2v) is 10.8. The number of aryl methyl sites for hydroxylation is 1. The minimum atomic E-state index is -3.46. The van der Waals surface area contributed by atoms with Gasteiger partial charge in [0.15, 0.2) is 9.84 Å². The lowest BCUT2D eigenvalue weighted by Gasteiger charge is -2.34. The van der Waals surface area contributed by atoms with Gasteiger partial charge in [-0.2, -0.15) is 4.31 Å². The summed E-state index contributed by atoms with van der Waals surface area (Å²) in [4.78, 5) is 1.57. The molecule has 8 heteroatoms. The quantitative estimate of drug-likeness (QED) is 0.759. The third-order valence-electron chi connectivity index (χ3n) is 5.14. The zero-order chi connectivity index (χ0) is 17.4. The molecule has 2 saturated heterocycles. The van der Waals surface area contributed by atoms with Crippen LogP contribution in [0.15, 0.2) is 29.2 Å². The number of benzene rings is 1. The van der Waals surface area contributed by atoms with E-state index in [0.29, 0.717) is 37.5 Å². The number of hydrogen-bond donors (Lipinski definition) is 1. The SMILES string of the molecule is CCc1ccc(S(=O)(=O)N2CC[NH+]([C@@H]3CCS(=O)(=O)C3)CC2)cc1. The Morgan fingerprint density at radius 2 is 1.79 bits per heavy atom. The Hall–Kier alpha value is -0.960. The normalized spacial score (nSPS) is 25.8. The van der Waals surface area contributed by atoms with E-state index < -0.39 is 19.9 Å². The summed E-state index contributed by atoms with van der Waals surface area (Å²) in [6, 6.07) is 7.20. The van der Waals surface area contributed by atoms with E-state index in [-0.39, 0.29) is 17.5 Å². The molecule has 0 radical (unpaired) electrons. The van der Waals surface area contributed by atoms with Gasteiger partial charge in [0.05, 0.1) is 36.8 Å². The molecule has 2 aliphatic heterocycles. The Bertz CT molecular complexity index is 780. The maximum atomic E-state index is 12.7. The van der Waals surface area contributed by atoms with Crippen LogP contribution in [0.3, 0.4) is 0 Å². The Morgan fingerprint density at radius 3 is 2.29 bits per heavy atom. The summed E-state index contributed by atoms with van der Waals surface area (Å²) in [5, 5.41) is 0. The first-order valence-corrected chi connectivity index (χ1v) is 11.7. The van der Waals surface area contributed by atoms with Crippen LogP contribution in [0.4, 0.5) is 0 Å². The maximum Gasteiger partial charge on any atom is 0.243 e. The van der Waals surface area contributed by atoms with Gasteiger partial charge in [0.1, 0.15) is 11.8 Å². The molecule has 0 aromatic heterocycles. The number of nitrogens with one attached hydrogen (secondary N) is 1. The molecule has 0 unspecified atom stereocenters. The van der Waals surface area contributed by atoms with Gasteiger partial charge in [-0.25, -0.2) is 16.8 Å². The van der Waals surface area contributed by atoms with Gasteiger partial charge >= 0.3 is 0 Å². The van der Waals surface area contributed by atoms with Crippen LogP contribution in [0.2, 0.25) is 0 Å². The Labute approximate surface area is 144 Å². The van der Waals surface area contributed by atoms with E-state index in [4.69, 9.17) is 0 Å². The first kappa shape index (κ1) is 17.8. The molecule has 1 aromatic rings. The number of hydrogen-bond acceptors (Lipinski definition) is 4. The number of quaternary nitrogens is 1. The van der Waals surface area contributed by atoms with Crippen LogP contribution in [0, 0.1) is 0 Å². The van der Waals surface area contributed by atoms with Crippen molar-refractivity contribution in [2.75, 3.05) is 37.7 Å². The van der Waals surface area contributed by atoms with E-state index in [9.17, 15) is 16.8 Å². The van der Waals surface area contributed by atoms with Crippen LogP contribution < -0.4 is 4.90 Å². The molecule has 2 fully saturated rings. The van der Waals surface area contributed by atoms with E-state index in [1.54, 1.807) is 12.1 Å². The highest BCUT2D eigenvalue weighted by Crippen LogP contribution is 2.17. The monoisotopic (exact) mass is 373 g/mol. The molecule has 24 heavy (non-hydrogen) atoms. The Balaban J connectivity index is 1.65. The average molecular weight is 374 g/mol. The topological polar surface area (TPSA) is 76.0 Å². The van der Waals surface area contributed by atoms with Crippen molar-refractivity contribution in [3.63, 3.8) is 0 Å². The molecule has 134 valence electrons. The van der Waals surface area contributed by atoms with Crippen LogP contribution in [-0.2, 0) is 26.3 Å². The molecule has 1 aromatic carbocycles. The molecule has 0 aliphatic carbocycles. The van der Waals surface area contributed by atoms with E-state index in [0.717, 1.165) is 12.0 Å². The zero-order valence-corrected chi connectivity index (χ0v) is 15.6. The Morgan fingerprint density at radius 1 is 1.17 bits per heavy atom. The fourth-order valence-corrected chi connectivity index (χ4v) is 6.85. The van der Waals surface area contributed by atoms with Gasteiger partial charge in [-0.3, -0.25) is 0 Å². The van der Waals surface area contributed by atoms with Crippen molar-refractivity contribution < 1.29 is 21.7 Å². The van der Waals surface area contributed by atoms with Gasteiger partial charge in [0.2, 0.25) is 10.0 Å². The molecular weight excluding hydrogens is 348 g/mol. The molecule has 2 heterocycles. The predicted octanol–water partition coefficient (Wildman–Crippen LogP) is -0.675. The van der Waals surface area contributed by atoms with Crippen LogP contribution in [0.25, 0.3) is 0 Å². The van der Waals surface area contributed by atoms with Gasteiger partial charge in [-0.15, -0.1) is 0 Å². The molecule has 1 N–H and O–H groups in total. The van der Waals surface area contributed by atoms with Gasteiger partial charge < -0.3 is 4.90 Å². The lowest BCUT2D eigenvalue weighted by atomic mass is 10.2. The summed E-state index contributed by atoms with van der Waals surface area (Å²) in [7, 11) is -6.34. The lowest BCUT2D eigenvalue weighted by Crippen LogP contribution is -3.18. The third-order valence-corrected chi connectivity index (χ3v) is 8.82. The maximum absolute atomic E-state index is 12.7. The summed E-state index contributed by atoms with van der Waals surface area (Å²) in [5.74, 6) is 0.514. The molecule has 0 saturated carbocycles. The van der Waals surface area contributed by atoms with Gasteiger partial charge in [0.25, 0.3) is 0 Å². The minimum Gasteiger partial charge on any atom is -0.329 e. The zero-order valence-electron chi connectivity index (χ0n) is 13.9. The highest BCUT2D eigenvalue weighted by atomic mass is 32.2. The summed E-state index contributed by atoms with van der Waals surface area (Å²) < 4.78 is 50.3. The molecular formula is C16H25N2O4S2+. The van der Waals surface area contributed by atoms with Gasteiger partial charge in [-0.1, -0.05) is 19.1 Å². The second kappa shape index (κ2) is 6.74. The molecule has 0 bridgehead atoms. The van der Waals surface area contributed by atoms with Crippen molar-refractivity contribution in [3.8, 4) is 0 Å². The van der Waals surface area contributed by atoms with Gasteiger partial charge in [-0.05, 0) is 24.1 Å². The van der Waals surface area contributed by atoms with E-state index in [1.165, 1.54) is 9.21 Å². The fourth-order valence-electron chi connectivity index (χ4n) is 3.59. The fraction of sp³-hybridized carbons (Fsp3) is 0.625. The number of rotatable bonds is 4. The average Bonchev–Trinajstić information content (AvgIpc) is 2.95. The summed E-state index contributed by atoms with van der Waals surface area (Å²) in [6.45, 7) is 4.28. The van der Waals surface area contributed by atoms with Crippen LogP contribution >= 0.6 is 0 Å². The molecule has 1 atom stereocenters. The summed E-state index contributed by atoms with van der Waals surface area (Å²) >= 11 is 0. The second-order valence-electron chi connectivity index (χ2n) is 6.66. The van der Waals surface area contributed by atoms with Crippen molar-refractivity contribution in [3.05, 3.63) is 29.8 Å². The van der Waals surface area contributed by atoms with Crippen molar-refractivity contribution in [2.45, 2.75) is 30.7 Å². The molecule has 0 spiro atoms. The molecule has 2 aliphatic rings. The van der Waals surface area contributed by atoms with Crippen molar-refractivity contribution in [2.24, 2.45) is 0 Å². The smallest absolute Gasteiger partial charge is 0.243 e. The van der Waals surface area contributed by atoms with Crippen LogP contribution in [-0.4, -0.2) is 64.9 Å². The number of sulfone groups is 1. The standard InChI is InChI=1S/C16H24N2O4S2/c1-2-14-3-5-16(6-4-14)24(21,22)18-10-8-17(9-11-18)15-7-12-23(19,20)13-15/h3-6,15H,2,7-13H2,1H3/p+1/t15-/m1/s1. The molecule has 0 amide bonds. The van der Waals surface area contributed by atoms with Crippen molar-refractivity contribution in [1.29, 1.82) is 0 Å². The van der Waals surface area contributed by atoms with Crippen LogP contribution in [0.5, 0.6) is 0 Å². The molecule has 6 nitrogen and oxygen atoms in total. The predicted molar refractivity (Wildman–Crippen MR) is 92.3 cm³/mol. The third kappa shape index (κ3) is 3.66. The number of nitrogens with zero attached hydrogens (tertiary/aromatic N) is 1. The largest absolute Gasteiger partial charge is 0.329 e.